The summed E-state index contributed by atoms with van der Waals surface area (Å²) in [6.07, 6.45) is -0.184. The molecule has 0 bridgehead atoms. The van der Waals surface area contributed by atoms with Gasteiger partial charge in [-0.2, -0.15) is 13.2 Å². The zero-order valence-electron chi connectivity index (χ0n) is 16.9. The lowest BCUT2D eigenvalue weighted by Crippen LogP contribution is -2.42. The van der Waals surface area contributed by atoms with E-state index in [1.807, 2.05) is 0 Å². The molecule has 1 aromatic carbocycles. The number of halogens is 4. The van der Waals surface area contributed by atoms with Gasteiger partial charge in [0.25, 0.3) is 5.91 Å². The van der Waals surface area contributed by atoms with E-state index in [0.717, 1.165) is 25.3 Å². The van der Waals surface area contributed by atoms with Crippen LogP contribution in [0.1, 0.15) is 41.7 Å². The molecule has 4 N–H and O–H groups in total. The van der Waals surface area contributed by atoms with Crippen LogP contribution in [0.15, 0.2) is 42.6 Å². The molecular weight excluding hydrogens is 443 g/mol. The summed E-state index contributed by atoms with van der Waals surface area (Å²) < 4.78 is 40.1. The van der Waals surface area contributed by atoms with Gasteiger partial charge in [0.15, 0.2) is 0 Å². The van der Waals surface area contributed by atoms with E-state index in [9.17, 15) is 18.0 Å². The highest BCUT2D eigenvalue weighted by Crippen LogP contribution is 2.35. The van der Waals surface area contributed by atoms with Crippen LogP contribution in [0.2, 0.25) is 5.02 Å². The van der Waals surface area contributed by atoms with E-state index in [4.69, 9.17) is 17.3 Å². The predicted molar refractivity (Wildman–Crippen MR) is 118 cm³/mol. The number of nitrogens with zero attached hydrogens (tertiary/aromatic N) is 2. The van der Waals surface area contributed by atoms with Gasteiger partial charge in [-0.1, -0.05) is 11.6 Å². The standard InChI is InChI=1S/C22H21ClF3N5O/c23-12-6-7-17-16(9-12)18(11-19(31-17)22(24,25)26)29-13-3-1-4-14(10-13)30-21(32)15-5-2-8-28-20(15)27/h2,5-9,11,13-14H,1,3-4,10H2,(H2,27,28)(H,29,31)(H,30,32)/t13-,14+/m0/s1. The van der Waals surface area contributed by atoms with Crippen molar-refractivity contribution in [3.05, 3.63) is 58.9 Å². The first kappa shape index (κ1) is 22.1. The fourth-order valence-electron chi connectivity index (χ4n) is 4.01. The number of fused-ring (bicyclic) bond motifs is 1. The number of carbonyl (C=O) groups excluding carboxylic acids is 1. The van der Waals surface area contributed by atoms with Gasteiger partial charge in [-0.05, 0) is 62.1 Å². The zero-order valence-corrected chi connectivity index (χ0v) is 17.7. The van der Waals surface area contributed by atoms with Crippen LogP contribution in [0, 0.1) is 0 Å². The van der Waals surface area contributed by atoms with E-state index in [0.29, 0.717) is 28.1 Å². The molecule has 2 heterocycles. The molecule has 0 unspecified atom stereocenters. The van der Waals surface area contributed by atoms with E-state index in [1.54, 1.807) is 18.2 Å². The van der Waals surface area contributed by atoms with Crippen LogP contribution in [-0.2, 0) is 6.18 Å². The van der Waals surface area contributed by atoms with Gasteiger partial charge in [-0.3, -0.25) is 4.79 Å². The number of nitrogen functional groups attached to an aromatic ring is 1. The minimum absolute atomic E-state index is 0.133. The summed E-state index contributed by atoms with van der Waals surface area (Å²) >= 11 is 6.07. The van der Waals surface area contributed by atoms with Crippen LogP contribution in [0.25, 0.3) is 10.9 Å². The molecule has 1 aliphatic carbocycles. The fraction of sp³-hybridized carbons (Fsp3) is 0.318. The largest absolute Gasteiger partial charge is 0.433 e. The number of hydrogen-bond donors (Lipinski definition) is 3. The smallest absolute Gasteiger partial charge is 0.383 e. The molecule has 4 rings (SSSR count). The van der Waals surface area contributed by atoms with Crippen molar-refractivity contribution in [1.29, 1.82) is 0 Å². The maximum atomic E-state index is 13.4. The Bertz CT molecular complexity index is 1150. The van der Waals surface area contributed by atoms with Crippen molar-refractivity contribution in [2.75, 3.05) is 11.1 Å². The van der Waals surface area contributed by atoms with Gasteiger partial charge in [0.05, 0.1) is 11.1 Å². The molecule has 1 amide bonds. The molecule has 32 heavy (non-hydrogen) atoms. The van der Waals surface area contributed by atoms with Crippen molar-refractivity contribution in [3.8, 4) is 0 Å². The summed E-state index contributed by atoms with van der Waals surface area (Å²) in [6, 6.07) is 8.54. The van der Waals surface area contributed by atoms with Gasteiger partial charge in [-0.25, -0.2) is 9.97 Å². The average Bonchev–Trinajstić information content (AvgIpc) is 2.74. The molecule has 0 spiro atoms. The van der Waals surface area contributed by atoms with Crippen LogP contribution < -0.4 is 16.4 Å². The summed E-state index contributed by atoms with van der Waals surface area (Å²) in [4.78, 5) is 20.2. The first-order valence-electron chi connectivity index (χ1n) is 10.2. The van der Waals surface area contributed by atoms with Gasteiger partial charge in [0, 0.05) is 34.4 Å². The van der Waals surface area contributed by atoms with Crippen LogP contribution in [0.3, 0.4) is 0 Å². The molecule has 3 aromatic rings. The zero-order chi connectivity index (χ0) is 22.9. The maximum absolute atomic E-state index is 13.4. The topological polar surface area (TPSA) is 92.9 Å². The average molecular weight is 464 g/mol. The van der Waals surface area contributed by atoms with E-state index in [-0.39, 0.29) is 29.3 Å². The van der Waals surface area contributed by atoms with Crippen LogP contribution in [0.5, 0.6) is 0 Å². The highest BCUT2D eigenvalue weighted by molar-refractivity contribution is 6.31. The number of hydrogen-bond acceptors (Lipinski definition) is 5. The van der Waals surface area contributed by atoms with Crippen molar-refractivity contribution in [3.63, 3.8) is 0 Å². The van der Waals surface area contributed by atoms with E-state index in [2.05, 4.69) is 20.6 Å². The fourth-order valence-corrected chi connectivity index (χ4v) is 4.18. The Balaban J connectivity index is 1.54. The molecule has 6 nitrogen and oxygen atoms in total. The van der Waals surface area contributed by atoms with E-state index >= 15 is 0 Å². The third-order valence-corrected chi connectivity index (χ3v) is 5.75. The molecule has 0 saturated heterocycles. The molecule has 168 valence electrons. The molecule has 0 aliphatic heterocycles. The number of benzene rings is 1. The molecular formula is C22H21ClF3N5O. The molecule has 10 heteroatoms. The first-order valence-corrected chi connectivity index (χ1v) is 10.5. The van der Waals surface area contributed by atoms with E-state index < -0.39 is 11.9 Å². The molecule has 2 aromatic heterocycles. The Hall–Kier alpha value is -3.07. The predicted octanol–water partition coefficient (Wildman–Crippen LogP) is 5.04. The van der Waals surface area contributed by atoms with Crippen LogP contribution in [-0.4, -0.2) is 28.0 Å². The number of amides is 1. The Morgan fingerprint density at radius 3 is 2.69 bits per heavy atom. The Kier molecular flexibility index (Phi) is 6.10. The summed E-state index contributed by atoms with van der Waals surface area (Å²) in [6.45, 7) is 0. The minimum Gasteiger partial charge on any atom is -0.383 e. The maximum Gasteiger partial charge on any atom is 0.433 e. The van der Waals surface area contributed by atoms with Gasteiger partial charge >= 0.3 is 6.18 Å². The van der Waals surface area contributed by atoms with Gasteiger partial charge < -0.3 is 16.4 Å². The van der Waals surface area contributed by atoms with Crippen LogP contribution >= 0.6 is 11.6 Å². The third-order valence-electron chi connectivity index (χ3n) is 5.51. The van der Waals surface area contributed by atoms with Crippen LogP contribution in [0.4, 0.5) is 24.7 Å². The van der Waals surface area contributed by atoms with Crippen molar-refractivity contribution in [2.45, 2.75) is 43.9 Å². The lowest BCUT2D eigenvalue weighted by Gasteiger charge is -2.31. The summed E-state index contributed by atoms with van der Waals surface area (Å²) in [5, 5.41) is 7.11. The number of rotatable bonds is 4. The quantitative estimate of drug-likeness (QED) is 0.504. The number of nitrogens with two attached hydrogens (primary N) is 1. The Morgan fingerprint density at radius 2 is 1.94 bits per heavy atom. The number of alkyl halides is 3. The van der Waals surface area contributed by atoms with E-state index in [1.165, 1.54) is 18.3 Å². The third kappa shape index (κ3) is 4.88. The highest BCUT2D eigenvalue weighted by Gasteiger charge is 2.34. The molecule has 1 aliphatic rings. The summed E-state index contributed by atoms with van der Waals surface area (Å²) in [5.74, 6) is -0.169. The summed E-state index contributed by atoms with van der Waals surface area (Å²) in [7, 11) is 0. The first-order chi connectivity index (χ1) is 15.2. The van der Waals surface area contributed by atoms with Gasteiger partial charge in [0.2, 0.25) is 0 Å². The van der Waals surface area contributed by atoms with Crippen molar-refractivity contribution < 1.29 is 18.0 Å². The number of pyridine rings is 2. The molecule has 1 fully saturated rings. The molecule has 1 saturated carbocycles. The second kappa shape index (κ2) is 8.82. The normalized spacial score (nSPS) is 19.0. The molecule has 0 radical (unpaired) electrons. The Morgan fingerprint density at radius 1 is 1.16 bits per heavy atom. The number of aromatic nitrogens is 2. The SMILES string of the molecule is Nc1ncccc1C(=O)N[C@@H]1CCC[C@H](Nc2cc(C(F)(F)F)nc3ccc(Cl)cc23)C1. The molecule has 2 atom stereocenters. The van der Waals surface area contributed by atoms with Crippen molar-refractivity contribution >= 4 is 39.9 Å². The van der Waals surface area contributed by atoms with Gasteiger partial charge in [-0.15, -0.1) is 0 Å². The lowest BCUT2D eigenvalue weighted by atomic mass is 9.90. The monoisotopic (exact) mass is 463 g/mol. The minimum atomic E-state index is -4.57. The number of carbonyl (C=O) groups is 1. The van der Waals surface area contributed by atoms with Gasteiger partial charge in [0.1, 0.15) is 11.5 Å². The van der Waals surface area contributed by atoms with Crippen molar-refractivity contribution in [2.24, 2.45) is 0 Å². The number of anilines is 2. The second-order valence-electron chi connectivity index (χ2n) is 7.83. The summed E-state index contributed by atoms with van der Waals surface area (Å²) in [5.41, 5.74) is 5.63. The highest BCUT2D eigenvalue weighted by atomic mass is 35.5. The number of nitrogens with one attached hydrogen (secondary N) is 2. The van der Waals surface area contributed by atoms with Crippen molar-refractivity contribution in [1.82, 2.24) is 15.3 Å². The Labute approximate surface area is 187 Å². The second-order valence-corrected chi connectivity index (χ2v) is 8.27. The lowest BCUT2D eigenvalue weighted by molar-refractivity contribution is -0.140.